The number of hydrogen-bond donors (Lipinski definition) is 1. The summed E-state index contributed by atoms with van der Waals surface area (Å²) in [6.07, 6.45) is 2.06. The predicted octanol–water partition coefficient (Wildman–Crippen LogP) is 4.29. The van der Waals surface area contributed by atoms with Gasteiger partial charge < -0.3 is 10.1 Å². The maximum absolute atomic E-state index is 12.5. The molecule has 0 aromatic heterocycles. The van der Waals surface area contributed by atoms with Crippen molar-refractivity contribution in [2.24, 2.45) is 0 Å². The van der Waals surface area contributed by atoms with Gasteiger partial charge in [0.15, 0.2) is 6.10 Å². The van der Waals surface area contributed by atoms with Crippen molar-refractivity contribution in [1.29, 1.82) is 0 Å². The Bertz CT molecular complexity index is 639. The van der Waals surface area contributed by atoms with Gasteiger partial charge in [-0.1, -0.05) is 55.5 Å². The second kappa shape index (κ2) is 9.11. The van der Waals surface area contributed by atoms with Crippen molar-refractivity contribution in [3.05, 3.63) is 65.7 Å². The van der Waals surface area contributed by atoms with Crippen LogP contribution in [-0.2, 0) is 11.2 Å². The van der Waals surface area contributed by atoms with Crippen LogP contribution in [-0.4, -0.2) is 18.1 Å². The van der Waals surface area contributed by atoms with Crippen LogP contribution in [0.2, 0.25) is 0 Å². The summed E-state index contributed by atoms with van der Waals surface area (Å²) in [5, 5.41) is 3.08. The molecule has 128 valence electrons. The number of nitrogens with one attached hydrogen (secondary N) is 1. The summed E-state index contributed by atoms with van der Waals surface area (Å²) in [5.41, 5.74) is 2.34. The zero-order valence-electron chi connectivity index (χ0n) is 14.8. The normalized spacial score (nSPS) is 13.1. The second-order valence-electron chi connectivity index (χ2n) is 6.21. The molecule has 0 heterocycles. The van der Waals surface area contributed by atoms with Crippen LogP contribution in [0.15, 0.2) is 54.6 Å². The molecular formula is C21H27NO2. The van der Waals surface area contributed by atoms with Gasteiger partial charge in [-0.05, 0) is 50.3 Å². The number of benzene rings is 2. The molecule has 0 spiro atoms. The molecule has 0 saturated carbocycles. The van der Waals surface area contributed by atoms with Gasteiger partial charge in [0.25, 0.3) is 5.91 Å². The van der Waals surface area contributed by atoms with E-state index in [2.05, 4.69) is 17.4 Å². The zero-order chi connectivity index (χ0) is 17.4. The van der Waals surface area contributed by atoms with E-state index in [4.69, 9.17) is 4.74 Å². The molecule has 0 aliphatic carbocycles. The van der Waals surface area contributed by atoms with Crippen molar-refractivity contribution in [3.8, 4) is 5.75 Å². The molecule has 0 unspecified atom stereocenters. The third-order valence-corrected chi connectivity index (χ3v) is 4.12. The predicted molar refractivity (Wildman–Crippen MR) is 98.3 cm³/mol. The fourth-order valence-corrected chi connectivity index (χ4v) is 2.60. The number of amides is 1. The maximum atomic E-state index is 12.5. The minimum atomic E-state index is -0.453. The van der Waals surface area contributed by atoms with Crippen LogP contribution >= 0.6 is 0 Å². The van der Waals surface area contributed by atoms with Gasteiger partial charge in [0.2, 0.25) is 0 Å². The van der Waals surface area contributed by atoms with Gasteiger partial charge in [-0.2, -0.15) is 0 Å². The zero-order valence-corrected chi connectivity index (χ0v) is 14.8. The summed E-state index contributed by atoms with van der Waals surface area (Å²) in [6.45, 7) is 6.00. The molecule has 0 fully saturated rings. The number of ether oxygens (including phenoxy) is 1. The van der Waals surface area contributed by atoms with E-state index in [-0.39, 0.29) is 11.9 Å². The van der Waals surface area contributed by atoms with Crippen LogP contribution in [0.5, 0.6) is 5.75 Å². The quantitative estimate of drug-likeness (QED) is 0.786. The Morgan fingerprint density at radius 2 is 1.75 bits per heavy atom. The number of para-hydroxylation sites is 1. The highest BCUT2D eigenvalue weighted by atomic mass is 16.5. The smallest absolute Gasteiger partial charge is 0.261 e. The first-order chi connectivity index (χ1) is 11.6. The Kier molecular flexibility index (Phi) is 6.86. The number of rotatable bonds is 8. The van der Waals surface area contributed by atoms with Crippen molar-refractivity contribution in [1.82, 2.24) is 5.32 Å². The third kappa shape index (κ3) is 5.41. The first-order valence-corrected chi connectivity index (χ1v) is 8.66. The van der Waals surface area contributed by atoms with Gasteiger partial charge in [0.05, 0.1) is 0 Å². The summed E-state index contributed by atoms with van der Waals surface area (Å²) in [6, 6.07) is 18.2. The lowest BCUT2D eigenvalue weighted by Gasteiger charge is -2.21. The third-order valence-electron chi connectivity index (χ3n) is 4.12. The molecule has 0 saturated heterocycles. The van der Waals surface area contributed by atoms with Crippen molar-refractivity contribution in [3.63, 3.8) is 0 Å². The minimum absolute atomic E-state index is 0.0404. The standard InChI is InChI=1S/C21H27NO2/c1-4-19(24-20-13-9-8-10-16(20)2)21(23)22-17(3)14-15-18-11-6-5-7-12-18/h5-13,17,19H,4,14-15H2,1-3H3,(H,22,23)/t17-,19+/m0/s1. The lowest BCUT2D eigenvalue weighted by atomic mass is 10.1. The molecule has 2 aromatic carbocycles. The summed E-state index contributed by atoms with van der Waals surface area (Å²) in [4.78, 5) is 12.5. The molecular weight excluding hydrogens is 298 g/mol. The average Bonchev–Trinajstić information content (AvgIpc) is 2.60. The summed E-state index contributed by atoms with van der Waals surface area (Å²) in [5.74, 6) is 0.734. The Balaban J connectivity index is 1.85. The van der Waals surface area contributed by atoms with Crippen molar-refractivity contribution in [2.45, 2.75) is 52.2 Å². The van der Waals surface area contributed by atoms with E-state index < -0.39 is 6.10 Å². The summed E-state index contributed by atoms with van der Waals surface area (Å²) < 4.78 is 5.91. The average molecular weight is 325 g/mol. The van der Waals surface area contributed by atoms with E-state index in [9.17, 15) is 4.79 Å². The fraction of sp³-hybridized carbons (Fsp3) is 0.381. The number of carbonyl (C=O) groups is 1. The molecule has 1 N–H and O–H groups in total. The number of hydrogen-bond acceptors (Lipinski definition) is 2. The van der Waals surface area contributed by atoms with Gasteiger partial charge in [0.1, 0.15) is 5.75 Å². The molecule has 3 heteroatoms. The van der Waals surface area contributed by atoms with E-state index in [0.717, 1.165) is 24.2 Å². The molecule has 2 atom stereocenters. The van der Waals surface area contributed by atoms with Gasteiger partial charge in [-0.3, -0.25) is 4.79 Å². The topological polar surface area (TPSA) is 38.3 Å². The van der Waals surface area contributed by atoms with Gasteiger partial charge in [-0.25, -0.2) is 0 Å². The van der Waals surface area contributed by atoms with Gasteiger partial charge >= 0.3 is 0 Å². The number of carbonyl (C=O) groups excluding carboxylic acids is 1. The molecule has 0 aliphatic heterocycles. The minimum Gasteiger partial charge on any atom is -0.480 e. The highest BCUT2D eigenvalue weighted by molar-refractivity contribution is 5.81. The van der Waals surface area contributed by atoms with Crippen LogP contribution < -0.4 is 10.1 Å². The van der Waals surface area contributed by atoms with E-state index in [1.165, 1.54) is 5.56 Å². The SMILES string of the molecule is CC[C@@H](Oc1ccccc1C)C(=O)N[C@@H](C)CCc1ccccc1. The van der Waals surface area contributed by atoms with Crippen molar-refractivity contribution in [2.75, 3.05) is 0 Å². The van der Waals surface area contributed by atoms with Crippen LogP contribution in [0.3, 0.4) is 0 Å². The fourth-order valence-electron chi connectivity index (χ4n) is 2.60. The molecule has 2 rings (SSSR count). The molecule has 24 heavy (non-hydrogen) atoms. The summed E-state index contributed by atoms with van der Waals surface area (Å²) >= 11 is 0. The Hall–Kier alpha value is -2.29. The molecule has 0 aliphatic rings. The van der Waals surface area contributed by atoms with Gasteiger partial charge in [-0.15, -0.1) is 0 Å². The van der Waals surface area contributed by atoms with Crippen LogP contribution in [0.4, 0.5) is 0 Å². The Labute approximate surface area is 145 Å². The molecule has 0 radical (unpaired) electrons. The second-order valence-corrected chi connectivity index (χ2v) is 6.21. The lowest BCUT2D eigenvalue weighted by molar-refractivity contribution is -0.128. The molecule has 3 nitrogen and oxygen atoms in total. The highest BCUT2D eigenvalue weighted by Crippen LogP contribution is 2.19. The largest absolute Gasteiger partial charge is 0.480 e. The molecule has 1 amide bonds. The van der Waals surface area contributed by atoms with E-state index in [0.29, 0.717) is 6.42 Å². The lowest BCUT2D eigenvalue weighted by Crippen LogP contribution is -2.42. The van der Waals surface area contributed by atoms with E-state index in [1.807, 2.05) is 63.2 Å². The first kappa shape index (κ1) is 18.1. The Morgan fingerprint density at radius 1 is 1.08 bits per heavy atom. The van der Waals surface area contributed by atoms with Crippen molar-refractivity contribution >= 4 is 5.91 Å². The van der Waals surface area contributed by atoms with Gasteiger partial charge in [0, 0.05) is 6.04 Å². The first-order valence-electron chi connectivity index (χ1n) is 8.66. The monoisotopic (exact) mass is 325 g/mol. The molecule has 0 bridgehead atoms. The summed E-state index contributed by atoms with van der Waals surface area (Å²) in [7, 11) is 0. The number of aryl methyl sites for hydroxylation is 2. The molecule has 2 aromatic rings. The van der Waals surface area contributed by atoms with E-state index >= 15 is 0 Å². The van der Waals surface area contributed by atoms with Crippen LogP contribution in [0.1, 0.15) is 37.8 Å². The van der Waals surface area contributed by atoms with E-state index in [1.54, 1.807) is 0 Å². The van der Waals surface area contributed by atoms with Crippen LogP contribution in [0, 0.1) is 6.92 Å². The maximum Gasteiger partial charge on any atom is 0.261 e. The highest BCUT2D eigenvalue weighted by Gasteiger charge is 2.20. The Morgan fingerprint density at radius 3 is 2.42 bits per heavy atom. The van der Waals surface area contributed by atoms with Crippen molar-refractivity contribution < 1.29 is 9.53 Å². The van der Waals surface area contributed by atoms with Crippen LogP contribution in [0.25, 0.3) is 0 Å².